The largest absolute Gasteiger partial charge is 0.497 e. The van der Waals surface area contributed by atoms with Crippen LogP contribution in [0.1, 0.15) is 37.7 Å². The van der Waals surface area contributed by atoms with E-state index in [4.69, 9.17) is 22.1 Å². The van der Waals surface area contributed by atoms with Crippen LogP contribution in [-0.4, -0.2) is 34.3 Å². The Morgan fingerprint density at radius 3 is 2.55 bits per heavy atom. The summed E-state index contributed by atoms with van der Waals surface area (Å²) in [4.78, 5) is 0. The molecule has 1 aromatic heterocycles. The fraction of sp³-hybridized carbons (Fsp3) is 0.292. The molecule has 7 heteroatoms. The van der Waals surface area contributed by atoms with Crippen molar-refractivity contribution in [2.45, 2.75) is 38.1 Å². The zero-order chi connectivity index (χ0) is 21.5. The quantitative estimate of drug-likeness (QED) is 0.336. The number of ether oxygens (including phenoxy) is 1. The third-order valence-electron chi connectivity index (χ3n) is 5.44. The molecule has 31 heavy (non-hydrogen) atoms. The van der Waals surface area contributed by atoms with E-state index in [0.717, 1.165) is 41.1 Å². The van der Waals surface area contributed by atoms with Crippen molar-refractivity contribution in [2.24, 2.45) is 5.10 Å². The summed E-state index contributed by atoms with van der Waals surface area (Å²) >= 11 is 5.42. The summed E-state index contributed by atoms with van der Waals surface area (Å²) in [7, 11) is 1.66. The van der Waals surface area contributed by atoms with Gasteiger partial charge in [0.2, 0.25) is 0 Å². The topological polar surface area (TPSA) is 63.5 Å². The molecule has 1 saturated carbocycles. The van der Waals surface area contributed by atoms with Gasteiger partial charge in [-0.2, -0.15) is 10.2 Å². The van der Waals surface area contributed by atoms with Gasteiger partial charge in [-0.1, -0.05) is 37.5 Å². The molecule has 0 saturated heterocycles. The number of nitrogens with zero attached hydrogens (tertiary/aromatic N) is 3. The smallest absolute Gasteiger partial charge is 0.187 e. The number of methoxy groups -OCH3 is 1. The molecule has 0 atom stereocenters. The number of benzene rings is 2. The number of hydrazone groups is 1. The Balaban J connectivity index is 1.53. The average Bonchev–Trinajstić information content (AvgIpc) is 3.24. The average molecular weight is 434 g/mol. The normalized spacial score (nSPS) is 14.5. The lowest BCUT2D eigenvalue weighted by Crippen LogP contribution is -2.40. The lowest BCUT2D eigenvalue weighted by Gasteiger charge is -2.23. The van der Waals surface area contributed by atoms with Gasteiger partial charge >= 0.3 is 0 Å². The molecule has 0 bridgehead atoms. The predicted molar refractivity (Wildman–Crippen MR) is 129 cm³/mol. The van der Waals surface area contributed by atoms with Crippen molar-refractivity contribution in [3.05, 3.63) is 66.4 Å². The van der Waals surface area contributed by atoms with E-state index in [2.05, 4.69) is 15.8 Å². The molecule has 0 radical (unpaired) electrons. The molecule has 6 nitrogen and oxygen atoms in total. The van der Waals surface area contributed by atoms with E-state index in [1.165, 1.54) is 19.3 Å². The van der Waals surface area contributed by atoms with Crippen LogP contribution in [0.15, 0.2) is 65.9 Å². The van der Waals surface area contributed by atoms with Gasteiger partial charge in [0.05, 0.1) is 19.0 Å². The van der Waals surface area contributed by atoms with E-state index in [-0.39, 0.29) is 0 Å². The molecule has 160 valence electrons. The molecule has 0 unspecified atom stereocenters. The summed E-state index contributed by atoms with van der Waals surface area (Å²) in [5.74, 6) is 0.808. The SMILES string of the molecule is COc1ccc(-c2nn(-c3ccccc3)cc2/C=N/NC(=S)NC2CCCCC2)cc1. The standard InChI is InChI=1S/C24H27N5OS/c1-30-22-14-12-18(13-15-22)23-19(17-29(28-23)21-10-6-3-7-11-21)16-25-27-24(31)26-20-8-4-2-5-9-20/h3,6-7,10-17,20H,2,4-5,8-9H2,1H3,(H2,26,27,31)/b25-16+. The van der Waals surface area contributed by atoms with Crippen LogP contribution in [0.25, 0.3) is 16.9 Å². The first-order valence-electron chi connectivity index (χ1n) is 10.6. The van der Waals surface area contributed by atoms with E-state index < -0.39 is 0 Å². The third kappa shape index (κ3) is 5.49. The molecular weight excluding hydrogens is 406 g/mol. The summed E-state index contributed by atoms with van der Waals surface area (Å²) in [5, 5.41) is 13.1. The fourth-order valence-electron chi connectivity index (χ4n) is 3.79. The first kappa shape index (κ1) is 21.1. The van der Waals surface area contributed by atoms with Gasteiger partial charge in [0.25, 0.3) is 0 Å². The van der Waals surface area contributed by atoms with Gasteiger partial charge < -0.3 is 10.1 Å². The molecule has 1 aliphatic carbocycles. The van der Waals surface area contributed by atoms with Crippen molar-refractivity contribution in [3.63, 3.8) is 0 Å². The number of nitrogens with one attached hydrogen (secondary N) is 2. The van der Waals surface area contributed by atoms with Crippen molar-refractivity contribution >= 4 is 23.5 Å². The maximum Gasteiger partial charge on any atom is 0.187 e. The third-order valence-corrected chi connectivity index (χ3v) is 5.65. The first-order chi connectivity index (χ1) is 15.2. The van der Waals surface area contributed by atoms with Crippen LogP contribution in [0.3, 0.4) is 0 Å². The number of thiocarbonyl (C=S) groups is 1. The highest BCUT2D eigenvalue weighted by molar-refractivity contribution is 7.80. The van der Waals surface area contributed by atoms with E-state index in [1.54, 1.807) is 13.3 Å². The molecule has 0 aliphatic heterocycles. The molecule has 0 amide bonds. The van der Waals surface area contributed by atoms with Crippen molar-refractivity contribution in [1.82, 2.24) is 20.5 Å². The van der Waals surface area contributed by atoms with Crippen molar-refractivity contribution in [1.29, 1.82) is 0 Å². The Labute approximate surface area is 188 Å². The van der Waals surface area contributed by atoms with Crippen LogP contribution in [0, 0.1) is 0 Å². The number of aromatic nitrogens is 2. The van der Waals surface area contributed by atoms with Gasteiger partial charge in [-0.15, -0.1) is 0 Å². The lowest BCUT2D eigenvalue weighted by molar-refractivity contribution is 0.412. The Kier molecular flexibility index (Phi) is 6.94. The van der Waals surface area contributed by atoms with Crippen LogP contribution >= 0.6 is 12.2 Å². The molecular formula is C24H27N5OS. The number of rotatable bonds is 6. The molecule has 0 spiro atoms. The van der Waals surface area contributed by atoms with Gasteiger partial charge in [0.15, 0.2) is 5.11 Å². The molecule has 1 fully saturated rings. The van der Waals surface area contributed by atoms with Crippen LogP contribution in [0.5, 0.6) is 5.75 Å². The van der Waals surface area contributed by atoms with Crippen LogP contribution < -0.4 is 15.5 Å². The number of hydrogen-bond acceptors (Lipinski definition) is 4. The summed E-state index contributed by atoms with van der Waals surface area (Å²) in [5.41, 5.74) is 6.66. The highest BCUT2D eigenvalue weighted by Gasteiger charge is 2.14. The van der Waals surface area contributed by atoms with E-state index in [9.17, 15) is 0 Å². The minimum atomic E-state index is 0.444. The van der Waals surface area contributed by atoms with Crippen LogP contribution in [0.4, 0.5) is 0 Å². The molecule has 1 heterocycles. The van der Waals surface area contributed by atoms with Gasteiger partial charge in [-0.05, 0) is 61.5 Å². The maximum absolute atomic E-state index is 5.42. The van der Waals surface area contributed by atoms with Crippen molar-refractivity contribution in [2.75, 3.05) is 7.11 Å². The van der Waals surface area contributed by atoms with Crippen molar-refractivity contribution in [3.8, 4) is 22.7 Å². The molecule has 3 aromatic rings. The second-order valence-corrected chi connectivity index (χ2v) is 8.03. The Morgan fingerprint density at radius 1 is 1.10 bits per heavy atom. The minimum absolute atomic E-state index is 0.444. The van der Waals surface area contributed by atoms with Gasteiger partial charge in [-0.3, -0.25) is 5.43 Å². The maximum atomic E-state index is 5.42. The Morgan fingerprint density at radius 2 is 1.84 bits per heavy atom. The van der Waals surface area contributed by atoms with Crippen LogP contribution in [0.2, 0.25) is 0 Å². The first-order valence-corrected chi connectivity index (χ1v) is 11.0. The zero-order valence-electron chi connectivity index (χ0n) is 17.6. The second-order valence-electron chi connectivity index (χ2n) is 7.62. The monoisotopic (exact) mass is 433 g/mol. The molecule has 2 aromatic carbocycles. The van der Waals surface area contributed by atoms with Crippen molar-refractivity contribution < 1.29 is 4.74 Å². The lowest BCUT2D eigenvalue weighted by atomic mass is 9.96. The highest BCUT2D eigenvalue weighted by atomic mass is 32.1. The van der Waals surface area contributed by atoms with E-state index in [1.807, 2.05) is 65.5 Å². The summed E-state index contributed by atoms with van der Waals surface area (Å²) < 4.78 is 7.14. The van der Waals surface area contributed by atoms with Gasteiger partial charge in [-0.25, -0.2) is 4.68 Å². The predicted octanol–water partition coefficient (Wildman–Crippen LogP) is 4.68. The summed E-state index contributed by atoms with van der Waals surface area (Å²) in [6, 6.07) is 18.3. The second kappa shape index (κ2) is 10.2. The fourth-order valence-corrected chi connectivity index (χ4v) is 4.01. The van der Waals surface area contributed by atoms with Crippen LogP contribution in [-0.2, 0) is 0 Å². The zero-order valence-corrected chi connectivity index (χ0v) is 18.4. The highest BCUT2D eigenvalue weighted by Crippen LogP contribution is 2.25. The van der Waals surface area contributed by atoms with Gasteiger partial charge in [0, 0.05) is 23.4 Å². The molecule has 2 N–H and O–H groups in total. The summed E-state index contributed by atoms with van der Waals surface area (Å²) in [6.07, 6.45) is 9.89. The summed E-state index contributed by atoms with van der Waals surface area (Å²) in [6.45, 7) is 0. The van der Waals surface area contributed by atoms with Gasteiger partial charge in [0.1, 0.15) is 11.4 Å². The Bertz CT molecular complexity index is 1020. The Hall–Kier alpha value is -3.19. The molecule has 4 rings (SSSR count). The number of hydrogen-bond donors (Lipinski definition) is 2. The molecule has 1 aliphatic rings. The van der Waals surface area contributed by atoms with E-state index in [0.29, 0.717) is 11.2 Å². The van der Waals surface area contributed by atoms with E-state index >= 15 is 0 Å². The number of para-hydroxylation sites is 1. The minimum Gasteiger partial charge on any atom is -0.497 e.